The minimum atomic E-state index is -2.16. The van der Waals surface area contributed by atoms with Crippen molar-refractivity contribution < 1.29 is 29.5 Å². The number of rotatable bonds is 14. The first-order valence-electron chi connectivity index (χ1n) is 15.5. The molecule has 2 N–H and O–H groups in total. The number of hydrogen-bond acceptors (Lipinski definition) is 7. The fourth-order valence-electron chi connectivity index (χ4n) is 5.91. The Balaban J connectivity index is 1.40. The number of nitro groups is 1. The molecule has 246 valence electrons. The SMILES string of the molecule is C[C@H](/C=C/CC(=O)N(CCO)Cc1ccccc1)[C@@]1(O)C(=O)N(Cc2cccc(N(C=O)c3ccccc3)c2)c2ccc([N+](=O)[O-])cc21. The Kier molecular flexibility index (Phi) is 10.4. The Morgan fingerprint density at radius 2 is 1.62 bits per heavy atom. The van der Waals surface area contributed by atoms with Gasteiger partial charge in [-0.3, -0.25) is 29.4 Å². The Labute approximate surface area is 278 Å². The molecule has 2 atom stereocenters. The number of aliphatic hydroxyl groups excluding tert-OH is 1. The van der Waals surface area contributed by atoms with Crippen molar-refractivity contribution in [1.82, 2.24) is 4.90 Å². The van der Waals surface area contributed by atoms with Crippen LogP contribution in [0, 0.1) is 16.0 Å². The molecule has 1 heterocycles. The van der Waals surface area contributed by atoms with E-state index >= 15 is 0 Å². The number of aliphatic hydroxyl groups is 2. The highest BCUT2D eigenvalue weighted by molar-refractivity contribution is 6.07. The van der Waals surface area contributed by atoms with Gasteiger partial charge >= 0.3 is 0 Å². The van der Waals surface area contributed by atoms with Crippen LogP contribution in [0.4, 0.5) is 22.7 Å². The number of nitrogens with zero attached hydrogens (tertiary/aromatic N) is 4. The molecule has 0 spiro atoms. The van der Waals surface area contributed by atoms with Crippen LogP contribution in [0.3, 0.4) is 0 Å². The number of fused-ring (bicyclic) bond motifs is 1. The molecule has 1 aliphatic heterocycles. The molecule has 5 rings (SSSR count). The lowest BCUT2D eigenvalue weighted by Crippen LogP contribution is -2.44. The lowest BCUT2D eigenvalue weighted by molar-refractivity contribution is -0.385. The summed E-state index contributed by atoms with van der Waals surface area (Å²) in [6.07, 6.45) is 3.78. The Morgan fingerprint density at radius 3 is 2.29 bits per heavy atom. The lowest BCUT2D eigenvalue weighted by atomic mass is 9.82. The fourth-order valence-corrected chi connectivity index (χ4v) is 5.91. The molecule has 0 saturated carbocycles. The molecule has 48 heavy (non-hydrogen) atoms. The molecule has 0 unspecified atom stereocenters. The maximum Gasteiger partial charge on any atom is 0.269 e. The summed E-state index contributed by atoms with van der Waals surface area (Å²) in [5.74, 6) is -1.80. The highest BCUT2D eigenvalue weighted by Gasteiger charge is 2.53. The quantitative estimate of drug-likeness (QED) is 0.0825. The molecule has 0 bridgehead atoms. The molecular weight excluding hydrogens is 612 g/mol. The molecule has 3 amide bonds. The fraction of sp³-hybridized carbons (Fsp3) is 0.216. The zero-order chi connectivity index (χ0) is 34.3. The number of carbonyl (C=O) groups is 3. The standard InChI is InChI=1S/C37H36N4O7/c1-27(10-8-17-35(44)38(20-21-42)24-28-11-4-2-5-12-28)37(46)33-23-32(41(47)48)18-19-34(33)39(36(37)45)25-29-13-9-16-31(22-29)40(26-43)30-14-6-3-7-15-30/h2-16,18-19,22-23,26-27,42,46H,17,20-21,24-25H2,1H3/b10-8+/t27-,37+/m1/s1. The largest absolute Gasteiger partial charge is 0.395 e. The summed E-state index contributed by atoms with van der Waals surface area (Å²) in [5.41, 5.74) is 0.773. The van der Waals surface area contributed by atoms with Gasteiger partial charge in [-0.1, -0.05) is 79.7 Å². The van der Waals surface area contributed by atoms with E-state index in [0.717, 1.165) is 5.56 Å². The predicted octanol–water partition coefficient (Wildman–Crippen LogP) is 5.23. The predicted molar refractivity (Wildman–Crippen MR) is 181 cm³/mol. The van der Waals surface area contributed by atoms with Crippen LogP contribution >= 0.6 is 0 Å². The summed E-state index contributed by atoms with van der Waals surface area (Å²) in [5, 5.41) is 33.3. The van der Waals surface area contributed by atoms with Crippen molar-refractivity contribution in [2.75, 3.05) is 23.0 Å². The lowest BCUT2D eigenvalue weighted by Gasteiger charge is -2.28. The van der Waals surface area contributed by atoms with Gasteiger partial charge in [0.25, 0.3) is 11.6 Å². The van der Waals surface area contributed by atoms with E-state index in [1.165, 1.54) is 32.9 Å². The van der Waals surface area contributed by atoms with Crippen LogP contribution in [-0.2, 0) is 33.1 Å². The van der Waals surface area contributed by atoms with E-state index < -0.39 is 22.3 Å². The second kappa shape index (κ2) is 14.8. The maximum absolute atomic E-state index is 14.1. The van der Waals surface area contributed by atoms with Crippen LogP contribution in [-0.4, -0.2) is 51.4 Å². The third kappa shape index (κ3) is 7.02. The zero-order valence-electron chi connectivity index (χ0n) is 26.4. The molecule has 0 saturated heterocycles. The van der Waals surface area contributed by atoms with E-state index in [1.807, 2.05) is 48.5 Å². The van der Waals surface area contributed by atoms with Crippen LogP contribution in [0.25, 0.3) is 0 Å². The summed E-state index contributed by atoms with van der Waals surface area (Å²) >= 11 is 0. The van der Waals surface area contributed by atoms with E-state index in [1.54, 1.807) is 55.5 Å². The highest BCUT2D eigenvalue weighted by Crippen LogP contribution is 2.47. The van der Waals surface area contributed by atoms with E-state index in [4.69, 9.17) is 0 Å². The van der Waals surface area contributed by atoms with Gasteiger partial charge < -0.3 is 20.0 Å². The normalized spacial score (nSPS) is 16.1. The topological polar surface area (TPSA) is 145 Å². The van der Waals surface area contributed by atoms with Crippen molar-refractivity contribution in [3.8, 4) is 0 Å². The number of non-ortho nitro benzene ring substituents is 1. The monoisotopic (exact) mass is 648 g/mol. The van der Waals surface area contributed by atoms with Gasteiger partial charge in [-0.05, 0) is 41.5 Å². The van der Waals surface area contributed by atoms with Crippen molar-refractivity contribution in [3.05, 3.63) is 142 Å². The zero-order valence-corrected chi connectivity index (χ0v) is 26.4. The molecule has 0 fully saturated rings. The highest BCUT2D eigenvalue weighted by atomic mass is 16.6. The molecule has 0 aromatic heterocycles. The Bertz CT molecular complexity index is 1820. The van der Waals surface area contributed by atoms with Crippen molar-refractivity contribution in [2.45, 2.75) is 32.0 Å². The second-order valence-electron chi connectivity index (χ2n) is 11.5. The summed E-state index contributed by atoms with van der Waals surface area (Å²) in [6, 6.07) is 29.5. The van der Waals surface area contributed by atoms with Gasteiger partial charge in [-0.15, -0.1) is 0 Å². The third-order valence-electron chi connectivity index (χ3n) is 8.45. The third-order valence-corrected chi connectivity index (χ3v) is 8.45. The Hall–Kier alpha value is -5.65. The first kappa shape index (κ1) is 33.7. The maximum atomic E-state index is 14.1. The number of hydrogen-bond donors (Lipinski definition) is 2. The van der Waals surface area contributed by atoms with Crippen molar-refractivity contribution in [2.24, 2.45) is 5.92 Å². The number of benzene rings is 4. The summed E-state index contributed by atoms with van der Waals surface area (Å²) in [7, 11) is 0. The van der Waals surface area contributed by atoms with Crippen molar-refractivity contribution in [3.63, 3.8) is 0 Å². The molecule has 11 heteroatoms. The first-order valence-corrected chi connectivity index (χ1v) is 15.5. The van der Waals surface area contributed by atoms with Crippen molar-refractivity contribution in [1.29, 1.82) is 0 Å². The molecule has 11 nitrogen and oxygen atoms in total. The number of amides is 3. The average Bonchev–Trinajstić information content (AvgIpc) is 3.31. The molecule has 1 aliphatic rings. The second-order valence-corrected chi connectivity index (χ2v) is 11.5. The number of anilines is 3. The minimum Gasteiger partial charge on any atom is -0.395 e. The summed E-state index contributed by atoms with van der Waals surface area (Å²) < 4.78 is 0. The molecule has 0 radical (unpaired) electrons. The van der Waals surface area contributed by atoms with Gasteiger partial charge in [0.15, 0.2) is 5.60 Å². The van der Waals surface area contributed by atoms with E-state index in [2.05, 4.69) is 0 Å². The average molecular weight is 649 g/mol. The van der Waals surface area contributed by atoms with E-state index in [0.29, 0.717) is 35.6 Å². The van der Waals surface area contributed by atoms with Gasteiger partial charge in [0.05, 0.1) is 23.8 Å². The van der Waals surface area contributed by atoms with Crippen LogP contribution in [0.5, 0.6) is 0 Å². The number of nitro benzene ring substituents is 1. The van der Waals surface area contributed by atoms with Crippen LogP contribution in [0.1, 0.15) is 30.0 Å². The number of carbonyl (C=O) groups excluding carboxylic acids is 3. The molecule has 0 aliphatic carbocycles. The molecule has 4 aromatic rings. The van der Waals surface area contributed by atoms with Gasteiger partial charge in [-0.2, -0.15) is 0 Å². The number of para-hydroxylation sites is 1. The Morgan fingerprint density at radius 1 is 0.958 bits per heavy atom. The van der Waals surface area contributed by atoms with Gasteiger partial charge in [0.1, 0.15) is 0 Å². The first-order chi connectivity index (χ1) is 23.2. The smallest absolute Gasteiger partial charge is 0.269 e. The van der Waals surface area contributed by atoms with E-state index in [9.17, 15) is 34.7 Å². The minimum absolute atomic E-state index is 0.0196. The van der Waals surface area contributed by atoms with Crippen molar-refractivity contribution >= 4 is 41.0 Å². The van der Waals surface area contributed by atoms with Crippen LogP contribution in [0.15, 0.2) is 115 Å². The van der Waals surface area contributed by atoms with Gasteiger partial charge in [0.2, 0.25) is 12.3 Å². The molecular formula is C37H36N4O7. The molecule has 4 aromatic carbocycles. The summed E-state index contributed by atoms with van der Waals surface area (Å²) in [6.45, 7) is 1.88. The van der Waals surface area contributed by atoms with Gasteiger partial charge in [0, 0.05) is 54.5 Å². The van der Waals surface area contributed by atoms with Gasteiger partial charge in [-0.25, -0.2) is 0 Å². The van der Waals surface area contributed by atoms with Crippen LogP contribution in [0.2, 0.25) is 0 Å². The van der Waals surface area contributed by atoms with E-state index in [-0.39, 0.29) is 43.3 Å². The van der Waals surface area contributed by atoms with Crippen LogP contribution < -0.4 is 9.80 Å². The summed E-state index contributed by atoms with van der Waals surface area (Å²) in [4.78, 5) is 54.7.